The van der Waals surface area contributed by atoms with Crippen LogP contribution in [-0.4, -0.2) is 94.4 Å². The number of anilines is 1. The van der Waals surface area contributed by atoms with Gasteiger partial charge in [-0.25, -0.2) is 0 Å². The lowest BCUT2D eigenvalue weighted by atomic mass is 9.96. The number of nitrogens with zero attached hydrogens (tertiary/aromatic N) is 2. The number of nitrogens with one attached hydrogen (secondary N) is 1. The van der Waals surface area contributed by atoms with E-state index in [1.807, 2.05) is 0 Å². The standard InChI is InChI=1S/C22H33ClN4O5/c1-30-20-10-19(24)18(23)9-17(20)22(29)25-11-16-13-27(7-8-32-16)12-15-3-5-26(6-4-15)14-21(28)31-2/h9-10,15-16H,3-8,11-14,24H2,1-2H3,(H,25,29). The van der Waals surface area contributed by atoms with E-state index < -0.39 is 0 Å². The van der Waals surface area contributed by atoms with Gasteiger partial charge in [0.25, 0.3) is 5.91 Å². The average Bonchev–Trinajstić information content (AvgIpc) is 2.80. The molecule has 0 spiro atoms. The molecule has 178 valence electrons. The van der Waals surface area contributed by atoms with Crippen LogP contribution in [0.1, 0.15) is 23.2 Å². The number of esters is 1. The molecule has 2 fully saturated rings. The van der Waals surface area contributed by atoms with Crippen LogP contribution in [0.4, 0.5) is 5.69 Å². The predicted molar refractivity (Wildman–Crippen MR) is 122 cm³/mol. The highest BCUT2D eigenvalue weighted by molar-refractivity contribution is 6.33. The van der Waals surface area contributed by atoms with Crippen molar-refractivity contribution in [1.29, 1.82) is 0 Å². The van der Waals surface area contributed by atoms with E-state index in [0.717, 1.165) is 45.6 Å². The largest absolute Gasteiger partial charge is 0.496 e. The molecule has 32 heavy (non-hydrogen) atoms. The Morgan fingerprint density at radius 1 is 1.22 bits per heavy atom. The van der Waals surface area contributed by atoms with E-state index in [2.05, 4.69) is 15.1 Å². The third-order valence-electron chi connectivity index (χ3n) is 6.08. The Hall–Kier alpha value is -2.07. The zero-order valence-corrected chi connectivity index (χ0v) is 19.5. The molecule has 3 rings (SSSR count). The van der Waals surface area contributed by atoms with Crippen LogP contribution in [0.3, 0.4) is 0 Å². The fourth-order valence-corrected chi connectivity index (χ4v) is 4.39. The van der Waals surface area contributed by atoms with Gasteiger partial charge in [0.05, 0.1) is 49.7 Å². The number of benzene rings is 1. The smallest absolute Gasteiger partial charge is 0.319 e. The molecule has 1 amide bonds. The number of halogens is 1. The molecule has 1 aromatic rings. The van der Waals surface area contributed by atoms with E-state index in [9.17, 15) is 9.59 Å². The quantitative estimate of drug-likeness (QED) is 0.433. The van der Waals surface area contributed by atoms with Crippen LogP contribution in [0.5, 0.6) is 5.75 Å². The molecule has 2 heterocycles. The second-order valence-corrected chi connectivity index (χ2v) is 8.74. The van der Waals surface area contributed by atoms with Crippen LogP contribution in [0.25, 0.3) is 0 Å². The normalized spacial score (nSPS) is 20.7. The Labute approximate surface area is 194 Å². The summed E-state index contributed by atoms with van der Waals surface area (Å²) >= 11 is 6.07. The minimum Gasteiger partial charge on any atom is -0.496 e. The number of carbonyl (C=O) groups is 2. The van der Waals surface area contributed by atoms with Crippen molar-refractivity contribution in [2.45, 2.75) is 18.9 Å². The van der Waals surface area contributed by atoms with Gasteiger partial charge in [-0.2, -0.15) is 0 Å². The van der Waals surface area contributed by atoms with Crippen LogP contribution in [0, 0.1) is 5.92 Å². The molecule has 0 aliphatic carbocycles. The minimum absolute atomic E-state index is 0.0811. The van der Waals surface area contributed by atoms with Crippen LogP contribution >= 0.6 is 11.6 Å². The number of nitrogen functional groups attached to an aromatic ring is 1. The molecular weight excluding hydrogens is 436 g/mol. The maximum Gasteiger partial charge on any atom is 0.319 e. The predicted octanol–water partition coefficient (Wildman–Crippen LogP) is 1.25. The summed E-state index contributed by atoms with van der Waals surface area (Å²) in [6, 6.07) is 3.07. The summed E-state index contributed by atoms with van der Waals surface area (Å²) < 4.78 is 15.9. The molecule has 0 saturated carbocycles. The molecule has 9 nitrogen and oxygen atoms in total. The number of piperidine rings is 1. The lowest BCUT2D eigenvalue weighted by Gasteiger charge is -2.38. The first kappa shape index (κ1) is 24.6. The number of morpholine rings is 1. The maximum atomic E-state index is 12.7. The van der Waals surface area contributed by atoms with Gasteiger partial charge in [-0.05, 0) is 37.9 Å². The molecule has 3 N–H and O–H groups in total. The molecule has 2 saturated heterocycles. The van der Waals surface area contributed by atoms with Crippen molar-refractivity contribution < 1.29 is 23.8 Å². The number of likely N-dealkylation sites (tertiary alicyclic amines) is 1. The maximum absolute atomic E-state index is 12.7. The summed E-state index contributed by atoms with van der Waals surface area (Å²) in [5.74, 6) is 0.524. The molecule has 2 aliphatic heterocycles. The van der Waals surface area contributed by atoms with Crippen molar-refractivity contribution in [2.75, 3.05) is 72.4 Å². The molecule has 2 aliphatic rings. The van der Waals surface area contributed by atoms with Gasteiger partial charge < -0.3 is 25.3 Å². The topological polar surface area (TPSA) is 106 Å². The highest BCUT2D eigenvalue weighted by Gasteiger charge is 2.27. The molecular formula is C22H33ClN4O5. The van der Waals surface area contributed by atoms with E-state index >= 15 is 0 Å². The molecule has 1 aromatic carbocycles. The molecule has 10 heteroatoms. The highest BCUT2D eigenvalue weighted by atomic mass is 35.5. The SMILES string of the molecule is COC(=O)CN1CCC(CN2CCOC(CNC(=O)c3cc(Cl)c(N)cc3OC)C2)CC1. The van der Waals surface area contributed by atoms with Gasteiger partial charge in [0.2, 0.25) is 0 Å². The van der Waals surface area contributed by atoms with E-state index in [4.69, 9.17) is 31.5 Å². The Balaban J connectivity index is 1.44. The number of amides is 1. The van der Waals surface area contributed by atoms with E-state index in [1.54, 1.807) is 6.07 Å². The summed E-state index contributed by atoms with van der Waals surface area (Å²) in [4.78, 5) is 28.7. The van der Waals surface area contributed by atoms with Gasteiger partial charge in [0.15, 0.2) is 0 Å². The Kier molecular flexibility index (Phi) is 8.98. The minimum atomic E-state index is -0.276. The molecule has 0 aromatic heterocycles. The van der Waals surface area contributed by atoms with Crippen LogP contribution in [-0.2, 0) is 14.3 Å². The fraction of sp³-hybridized carbons (Fsp3) is 0.636. The Morgan fingerprint density at radius 2 is 1.97 bits per heavy atom. The lowest BCUT2D eigenvalue weighted by molar-refractivity contribution is -0.142. The summed E-state index contributed by atoms with van der Waals surface area (Å²) in [6.45, 7) is 5.88. The van der Waals surface area contributed by atoms with Gasteiger partial charge in [-0.1, -0.05) is 11.6 Å². The third-order valence-corrected chi connectivity index (χ3v) is 6.41. The van der Waals surface area contributed by atoms with E-state index in [1.165, 1.54) is 20.3 Å². The molecule has 0 radical (unpaired) electrons. The average molecular weight is 469 g/mol. The first-order chi connectivity index (χ1) is 15.4. The van der Waals surface area contributed by atoms with E-state index in [0.29, 0.717) is 47.6 Å². The molecule has 0 bridgehead atoms. The number of hydrogen-bond acceptors (Lipinski definition) is 8. The van der Waals surface area contributed by atoms with Crippen molar-refractivity contribution in [2.24, 2.45) is 5.92 Å². The molecule has 1 unspecified atom stereocenters. The van der Waals surface area contributed by atoms with Crippen molar-refractivity contribution in [3.63, 3.8) is 0 Å². The Morgan fingerprint density at radius 3 is 2.66 bits per heavy atom. The molecule has 1 atom stereocenters. The first-order valence-corrected chi connectivity index (χ1v) is 11.3. The van der Waals surface area contributed by atoms with Crippen LogP contribution in [0.2, 0.25) is 5.02 Å². The van der Waals surface area contributed by atoms with Crippen molar-refractivity contribution in [1.82, 2.24) is 15.1 Å². The van der Waals surface area contributed by atoms with Gasteiger partial charge >= 0.3 is 5.97 Å². The van der Waals surface area contributed by atoms with Gasteiger partial charge in [0, 0.05) is 32.2 Å². The lowest BCUT2D eigenvalue weighted by Crippen LogP contribution is -2.49. The summed E-state index contributed by atoms with van der Waals surface area (Å²) in [5, 5.41) is 3.24. The summed E-state index contributed by atoms with van der Waals surface area (Å²) in [6.07, 6.45) is 2.04. The Bertz CT molecular complexity index is 801. The highest BCUT2D eigenvalue weighted by Crippen LogP contribution is 2.28. The van der Waals surface area contributed by atoms with Crippen LogP contribution < -0.4 is 15.8 Å². The number of rotatable bonds is 8. The zero-order valence-electron chi connectivity index (χ0n) is 18.8. The third kappa shape index (κ3) is 6.71. The first-order valence-electron chi connectivity index (χ1n) is 10.9. The second kappa shape index (κ2) is 11.7. The number of ether oxygens (including phenoxy) is 3. The zero-order chi connectivity index (χ0) is 23.1. The number of carbonyl (C=O) groups excluding carboxylic acids is 2. The van der Waals surface area contributed by atoms with E-state index in [-0.39, 0.29) is 18.0 Å². The summed E-state index contributed by atoms with van der Waals surface area (Å²) in [7, 11) is 2.91. The summed E-state index contributed by atoms with van der Waals surface area (Å²) in [5.41, 5.74) is 6.50. The van der Waals surface area contributed by atoms with Gasteiger partial charge in [-0.15, -0.1) is 0 Å². The monoisotopic (exact) mass is 468 g/mol. The van der Waals surface area contributed by atoms with Gasteiger partial charge in [0.1, 0.15) is 5.75 Å². The number of nitrogens with two attached hydrogens (primary N) is 1. The van der Waals surface area contributed by atoms with Crippen molar-refractivity contribution in [3.05, 3.63) is 22.7 Å². The second-order valence-electron chi connectivity index (χ2n) is 8.33. The fourth-order valence-electron chi connectivity index (χ4n) is 4.23. The van der Waals surface area contributed by atoms with Crippen molar-refractivity contribution >= 4 is 29.2 Å². The number of methoxy groups -OCH3 is 2. The van der Waals surface area contributed by atoms with Crippen molar-refractivity contribution in [3.8, 4) is 5.75 Å². The number of hydrogen-bond donors (Lipinski definition) is 2. The van der Waals surface area contributed by atoms with Gasteiger partial charge in [-0.3, -0.25) is 19.4 Å². The van der Waals surface area contributed by atoms with Crippen LogP contribution in [0.15, 0.2) is 12.1 Å².